The van der Waals surface area contributed by atoms with Gasteiger partial charge < -0.3 is 14.6 Å². The lowest BCUT2D eigenvalue weighted by atomic mass is 10.1. The number of aryl methyl sites for hydroxylation is 1. The fourth-order valence-corrected chi connectivity index (χ4v) is 3.25. The Bertz CT molecular complexity index is 791. The van der Waals surface area contributed by atoms with Crippen LogP contribution in [0.2, 0.25) is 0 Å². The van der Waals surface area contributed by atoms with Crippen molar-refractivity contribution in [1.29, 1.82) is 0 Å². The summed E-state index contributed by atoms with van der Waals surface area (Å²) >= 11 is 0. The van der Waals surface area contributed by atoms with Crippen molar-refractivity contribution in [2.45, 2.75) is 32.9 Å². The van der Waals surface area contributed by atoms with E-state index in [2.05, 4.69) is 59.4 Å². The molecule has 3 nitrogen and oxygen atoms in total. The average Bonchev–Trinajstić information content (AvgIpc) is 2.97. The molecule has 0 aliphatic heterocycles. The molecule has 24 heavy (non-hydrogen) atoms. The third-order valence-corrected chi connectivity index (χ3v) is 4.41. The summed E-state index contributed by atoms with van der Waals surface area (Å²) < 4.78 is 7.79. The van der Waals surface area contributed by atoms with Gasteiger partial charge in [-0.25, -0.2) is 0 Å². The van der Waals surface area contributed by atoms with Crippen LogP contribution in [0.15, 0.2) is 54.7 Å². The summed E-state index contributed by atoms with van der Waals surface area (Å²) in [6.45, 7) is 5.13. The smallest absolute Gasteiger partial charge is 0.122 e. The van der Waals surface area contributed by atoms with Gasteiger partial charge >= 0.3 is 0 Å². The molecule has 0 fully saturated rings. The number of ether oxygens (including phenoxy) is 1. The molecule has 3 rings (SSSR count). The average molecular weight is 322 g/mol. The lowest BCUT2D eigenvalue weighted by Crippen LogP contribution is -2.16. The van der Waals surface area contributed by atoms with Crippen LogP contribution in [0.1, 0.15) is 24.5 Å². The van der Waals surface area contributed by atoms with Gasteiger partial charge in [-0.3, -0.25) is 0 Å². The lowest BCUT2D eigenvalue weighted by Gasteiger charge is -2.08. The van der Waals surface area contributed by atoms with E-state index in [1.807, 2.05) is 12.1 Å². The number of rotatable bonds is 8. The fraction of sp³-hybridized carbons (Fsp3) is 0.333. The molecule has 0 spiro atoms. The number of aromatic nitrogens is 1. The molecule has 0 amide bonds. The van der Waals surface area contributed by atoms with Crippen molar-refractivity contribution in [3.8, 4) is 5.75 Å². The fourth-order valence-electron chi connectivity index (χ4n) is 3.25. The summed E-state index contributed by atoms with van der Waals surface area (Å²) in [6.07, 6.45) is 4.42. The van der Waals surface area contributed by atoms with Crippen molar-refractivity contribution in [2.24, 2.45) is 0 Å². The standard InChI is InChI=1S/C21H26N2O/c1-3-14-23-16-18(19-9-5-6-10-20(19)23)15-22-13-12-17-8-4-7-11-21(17)24-2/h4-11,16,22H,3,12-15H2,1-2H3. The Morgan fingerprint density at radius 3 is 2.62 bits per heavy atom. The Hall–Kier alpha value is -2.26. The highest BCUT2D eigenvalue weighted by atomic mass is 16.5. The van der Waals surface area contributed by atoms with E-state index in [1.165, 1.54) is 22.0 Å². The molecule has 1 N–H and O–H groups in total. The normalized spacial score (nSPS) is 11.1. The van der Waals surface area contributed by atoms with Gasteiger partial charge in [0, 0.05) is 30.2 Å². The zero-order valence-corrected chi connectivity index (χ0v) is 14.6. The minimum absolute atomic E-state index is 0.895. The number of nitrogens with one attached hydrogen (secondary N) is 1. The zero-order chi connectivity index (χ0) is 16.8. The second-order valence-corrected chi connectivity index (χ2v) is 6.10. The van der Waals surface area contributed by atoms with E-state index in [0.717, 1.165) is 38.2 Å². The Morgan fingerprint density at radius 2 is 1.79 bits per heavy atom. The lowest BCUT2D eigenvalue weighted by molar-refractivity contribution is 0.409. The van der Waals surface area contributed by atoms with Crippen LogP contribution in [-0.4, -0.2) is 18.2 Å². The van der Waals surface area contributed by atoms with Gasteiger partial charge in [0.05, 0.1) is 7.11 Å². The number of benzene rings is 2. The van der Waals surface area contributed by atoms with Gasteiger partial charge in [0.2, 0.25) is 0 Å². The molecule has 2 aromatic carbocycles. The molecule has 1 aromatic heterocycles. The van der Waals surface area contributed by atoms with Crippen molar-refractivity contribution in [3.05, 3.63) is 65.9 Å². The van der Waals surface area contributed by atoms with Gasteiger partial charge in [0.25, 0.3) is 0 Å². The van der Waals surface area contributed by atoms with Gasteiger partial charge in [-0.1, -0.05) is 43.3 Å². The Labute approximate surface area is 144 Å². The highest BCUT2D eigenvalue weighted by Crippen LogP contribution is 2.22. The van der Waals surface area contributed by atoms with Crippen molar-refractivity contribution in [1.82, 2.24) is 9.88 Å². The second-order valence-electron chi connectivity index (χ2n) is 6.10. The molecule has 3 aromatic rings. The van der Waals surface area contributed by atoms with E-state index < -0.39 is 0 Å². The minimum Gasteiger partial charge on any atom is -0.496 e. The summed E-state index contributed by atoms with van der Waals surface area (Å²) in [7, 11) is 1.73. The topological polar surface area (TPSA) is 26.2 Å². The van der Waals surface area contributed by atoms with E-state index in [0.29, 0.717) is 0 Å². The predicted octanol–water partition coefficient (Wildman–Crippen LogP) is 4.39. The van der Waals surface area contributed by atoms with Gasteiger partial charge in [-0.05, 0) is 42.6 Å². The van der Waals surface area contributed by atoms with E-state index in [-0.39, 0.29) is 0 Å². The molecule has 1 heterocycles. The highest BCUT2D eigenvalue weighted by molar-refractivity contribution is 5.83. The van der Waals surface area contributed by atoms with Gasteiger partial charge in [-0.15, -0.1) is 0 Å². The molecule has 0 aliphatic carbocycles. The first-order valence-electron chi connectivity index (χ1n) is 8.73. The summed E-state index contributed by atoms with van der Waals surface area (Å²) in [5.41, 5.74) is 3.96. The molecule has 0 saturated heterocycles. The van der Waals surface area contributed by atoms with Crippen LogP contribution < -0.4 is 10.1 Å². The predicted molar refractivity (Wildman–Crippen MR) is 101 cm³/mol. The van der Waals surface area contributed by atoms with Gasteiger partial charge in [0.15, 0.2) is 0 Å². The largest absolute Gasteiger partial charge is 0.496 e. The number of para-hydroxylation sites is 2. The molecular weight excluding hydrogens is 296 g/mol. The molecule has 0 saturated carbocycles. The van der Waals surface area contributed by atoms with Crippen molar-refractivity contribution in [3.63, 3.8) is 0 Å². The molecule has 3 heteroatoms. The van der Waals surface area contributed by atoms with E-state index in [4.69, 9.17) is 4.74 Å². The van der Waals surface area contributed by atoms with Crippen LogP contribution in [0, 0.1) is 0 Å². The van der Waals surface area contributed by atoms with E-state index in [1.54, 1.807) is 7.11 Å². The molecule has 0 aliphatic rings. The van der Waals surface area contributed by atoms with Crippen molar-refractivity contribution < 1.29 is 4.74 Å². The van der Waals surface area contributed by atoms with Gasteiger partial charge in [-0.2, -0.15) is 0 Å². The van der Waals surface area contributed by atoms with Crippen molar-refractivity contribution in [2.75, 3.05) is 13.7 Å². The zero-order valence-electron chi connectivity index (χ0n) is 14.6. The number of hydrogen-bond donors (Lipinski definition) is 1. The number of methoxy groups -OCH3 is 1. The molecular formula is C21H26N2O. The third-order valence-electron chi connectivity index (χ3n) is 4.41. The van der Waals surface area contributed by atoms with Crippen LogP contribution in [0.4, 0.5) is 0 Å². The maximum Gasteiger partial charge on any atom is 0.122 e. The Kier molecular flexibility index (Phi) is 5.55. The first-order valence-corrected chi connectivity index (χ1v) is 8.73. The molecule has 0 radical (unpaired) electrons. The van der Waals surface area contributed by atoms with Crippen molar-refractivity contribution >= 4 is 10.9 Å². The van der Waals surface area contributed by atoms with Gasteiger partial charge in [0.1, 0.15) is 5.75 Å². The molecule has 0 atom stereocenters. The van der Waals surface area contributed by atoms with Crippen LogP contribution in [0.3, 0.4) is 0 Å². The van der Waals surface area contributed by atoms with E-state index in [9.17, 15) is 0 Å². The maximum absolute atomic E-state index is 5.42. The van der Waals surface area contributed by atoms with Crippen LogP contribution >= 0.6 is 0 Å². The van der Waals surface area contributed by atoms with Crippen LogP contribution in [0.25, 0.3) is 10.9 Å². The minimum atomic E-state index is 0.895. The summed E-state index contributed by atoms with van der Waals surface area (Å²) in [5.74, 6) is 0.971. The van der Waals surface area contributed by atoms with Crippen LogP contribution in [0.5, 0.6) is 5.75 Å². The first-order chi connectivity index (χ1) is 11.8. The number of nitrogens with zero attached hydrogens (tertiary/aromatic N) is 1. The van der Waals surface area contributed by atoms with Crippen LogP contribution in [-0.2, 0) is 19.5 Å². The first kappa shape index (κ1) is 16.6. The monoisotopic (exact) mass is 322 g/mol. The summed E-state index contributed by atoms with van der Waals surface area (Å²) in [4.78, 5) is 0. The molecule has 0 bridgehead atoms. The number of fused-ring (bicyclic) bond motifs is 1. The highest BCUT2D eigenvalue weighted by Gasteiger charge is 2.07. The summed E-state index contributed by atoms with van der Waals surface area (Å²) in [5, 5.41) is 4.94. The van der Waals surface area contributed by atoms with E-state index >= 15 is 0 Å². The molecule has 126 valence electrons. The quantitative estimate of drug-likeness (QED) is 0.622. The Morgan fingerprint density at radius 1 is 1.00 bits per heavy atom. The SMILES string of the molecule is CCCn1cc(CNCCc2ccccc2OC)c2ccccc21. The summed E-state index contributed by atoms with van der Waals surface area (Å²) in [6, 6.07) is 16.9. The number of hydrogen-bond acceptors (Lipinski definition) is 2. The third kappa shape index (κ3) is 3.62. The maximum atomic E-state index is 5.42. The molecule has 0 unspecified atom stereocenters. The Balaban J connectivity index is 1.64. The second kappa shape index (κ2) is 8.02.